The van der Waals surface area contributed by atoms with E-state index in [2.05, 4.69) is 10.4 Å². The fraction of sp³-hybridized carbons (Fsp3) is 0. The molecule has 3 N–H and O–H groups in total. The van der Waals surface area contributed by atoms with E-state index in [1.54, 1.807) is 18.2 Å². The molecule has 0 unspecified atom stereocenters. The number of nitrogens with two attached hydrogens (primary N) is 1. The van der Waals surface area contributed by atoms with Gasteiger partial charge in [-0.2, -0.15) is 5.01 Å². The molecule has 0 radical (unpaired) electrons. The molecule has 3 amide bonds. The third-order valence-corrected chi connectivity index (χ3v) is 3.22. The van der Waals surface area contributed by atoms with Gasteiger partial charge in [0.15, 0.2) is 5.84 Å². The molecule has 2 aromatic rings. The molecule has 3 rings (SSSR count). The maximum atomic E-state index is 12.5. The molecule has 23 heavy (non-hydrogen) atoms. The van der Waals surface area contributed by atoms with Gasteiger partial charge in [-0.3, -0.25) is 4.79 Å². The lowest BCUT2D eigenvalue weighted by Crippen LogP contribution is -2.49. The van der Waals surface area contributed by atoms with Gasteiger partial charge in [0.2, 0.25) is 0 Å². The first-order chi connectivity index (χ1) is 11.1. The zero-order chi connectivity index (χ0) is 16.2. The minimum Gasteiger partial charge on any atom is -0.350 e. The summed E-state index contributed by atoms with van der Waals surface area (Å²) in [6.07, 6.45) is 1.66. The molecule has 0 atom stereocenters. The number of benzene rings is 2. The Morgan fingerprint density at radius 3 is 2.26 bits per heavy atom. The predicted molar refractivity (Wildman–Crippen MR) is 87.0 cm³/mol. The molecule has 0 spiro atoms. The van der Waals surface area contributed by atoms with E-state index in [0.29, 0.717) is 11.4 Å². The first-order valence-corrected chi connectivity index (χ1v) is 6.96. The van der Waals surface area contributed by atoms with Crippen LogP contribution >= 0.6 is 0 Å². The number of hydrogen-bond donors (Lipinski definition) is 2. The number of aliphatic imine (C=N–C) groups is 1. The summed E-state index contributed by atoms with van der Waals surface area (Å²) in [6.45, 7) is 0. The zero-order valence-corrected chi connectivity index (χ0v) is 12.1. The van der Waals surface area contributed by atoms with Crippen molar-refractivity contribution in [3.63, 3.8) is 0 Å². The second kappa shape index (κ2) is 6.15. The highest BCUT2D eigenvalue weighted by Gasteiger charge is 2.32. The highest BCUT2D eigenvalue weighted by molar-refractivity contribution is 6.20. The van der Waals surface area contributed by atoms with Gasteiger partial charge >= 0.3 is 6.03 Å². The Labute approximate surface area is 132 Å². The number of primary amides is 1. The summed E-state index contributed by atoms with van der Waals surface area (Å²) >= 11 is 0. The number of carbonyl (C=O) groups excluding carboxylic acids is 2. The molecule has 2 aromatic carbocycles. The van der Waals surface area contributed by atoms with Crippen LogP contribution in [0.2, 0.25) is 0 Å². The van der Waals surface area contributed by atoms with Gasteiger partial charge in [0.05, 0.1) is 0 Å². The molecule has 6 heteroatoms. The fourth-order valence-corrected chi connectivity index (χ4v) is 2.22. The largest absolute Gasteiger partial charge is 0.350 e. The Kier molecular flexibility index (Phi) is 3.88. The average Bonchev–Trinajstić information content (AvgIpc) is 2.86. The fourth-order valence-electron chi connectivity index (χ4n) is 2.22. The van der Waals surface area contributed by atoms with Crippen molar-refractivity contribution in [2.45, 2.75) is 0 Å². The Hall–Kier alpha value is -3.41. The smallest absolute Gasteiger partial charge is 0.331 e. The van der Waals surface area contributed by atoms with E-state index >= 15 is 0 Å². The molecule has 0 fully saturated rings. The molecular weight excluding hydrogens is 292 g/mol. The van der Waals surface area contributed by atoms with E-state index in [1.165, 1.54) is 0 Å². The Morgan fingerprint density at radius 1 is 1.04 bits per heavy atom. The van der Waals surface area contributed by atoms with E-state index in [1.807, 2.05) is 48.5 Å². The molecule has 1 aliphatic heterocycles. The van der Waals surface area contributed by atoms with Crippen molar-refractivity contribution < 1.29 is 9.59 Å². The Bertz CT molecular complexity index is 798. The summed E-state index contributed by atoms with van der Waals surface area (Å²) < 4.78 is 0. The molecule has 0 saturated heterocycles. The molecule has 0 saturated carbocycles. The lowest BCUT2D eigenvalue weighted by Gasteiger charge is -2.17. The highest BCUT2D eigenvalue weighted by atomic mass is 16.2. The van der Waals surface area contributed by atoms with Crippen molar-refractivity contribution in [1.29, 1.82) is 0 Å². The maximum absolute atomic E-state index is 12.5. The van der Waals surface area contributed by atoms with E-state index in [-0.39, 0.29) is 5.70 Å². The highest BCUT2D eigenvalue weighted by Crippen LogP contribution is 2.20. The minimum absolute atomic E-state index is 0.226. The number of carbonyl (C=O) groups is 2. The van der Waals surface area contributed by atoms with Crippen LogP contribution in [0.4, 0.5) is 4.79 Å². The summed E-state index contributed by atoms with van der Waals surface area (Å²) in [6, 6.07) is 17.6. The molecule has 114 valence electrons. The lowest BCUT2D eigenvalue weighted by atomic mass is 10.2. The van der Waals surface area contributed by atoms with Gasteiger partial charge in [0.1, 0.15) is 5.70 Å². The van der Waals surface area contributed by atoms with Crippen LogP contribution in [0.3, 0.4) is 0 Å². The number of nitrogens with one attached hydrogen (secondary N) is 1. The van der Waals surface area contributed by atoms with E-state index in [9.17, 15) is 9.59 Å². The number of hydrazine groups is 1. The van der Waals surface area contributed by atoms with Crippen LogP contribution in [0.15, 0.2) is 71.4 Å². The van der Waals surface area contributed by atoms with Gasteiger partial charge < -0.3 is 5.73 Å². The standard InChI is InChI=1S/C17H14N4O2/c18-17(23)20-21-15(13-9-5-2-6-10-13)19-14(16(21)22)11-12-7-3-1-4-8-12/h1-11H,(H3,18,20,23)/b14-11-. The number of rotatable bonds is 3. The predicted octanol–water partition coefficient (Wildman–Crippen LogP) is 1.90. The van der Waals surface area contributed by atoms with Crippen LogP contribution in [0, 0.1) is 0 Å². The van der Waals surface area contributed by atoms with Crippen molar-refractivity contribution in [3.05, 3.63) is 77.5 Å². The second-order valence-corrected chi connectivity index (χ2v) is 4.86. The first-order valence-electron chi connectivity index (χ1n) is 6.96. The normalized spacial score (nSPS) is 15.7. The summed E-state index contributed by atoms with van der Waals surface area (Å²) in [5.74, 6) is -0.108. The molecular formula is C17H14N4O2. The number of urea groups is 1. The topological polar surface area (TPSA) is 87.8 Å². The molecule has 1 heterocycles. The van der Waals surface area contributed by atoms with Crippen molar-refractivity contribution >= 4 is 23.8 Å². The number of nitrogens with zero attached hydrogens (tertiary/aromatic N) is 2. The number of amidine groups is 1. The summed E-state index contributed by atoms with van der Waals surface area (Å²) in [7, 11) is 0. The summed E-state index contributed by atoms with van der Waals surface area (Å²) in [4.78, 5) is 28.0. The van der Waals surface area contributed by atoms with Crippen LogP contribution in [0.1, 0.15) is 11.1 Å². The van der Waals surface area contributed by atoms with E-state index in [4.69, 9.17) is 5.73 Å². The van der Waals surface area contributed by atoms with Crippen LogP contribution in [-0.2, 0) is 4.79 Å². The van der Waals surface area contributed by atoms with Crippen molar-refractivity contribution in [3.8, 4) is 0 Å². The van der Waals surface area contributed by atoms with Gasteiger partial charge in [-0.15, -0.1) is 0 Å². The van der Waals surface area contributed by atoms with E-state index in [0.717, 1.165) is 10.6 Å². The average molecular weight is 306 g/mol. The van der Waals surface area contributed by atoms with Gasteiger partial charge in [0, 0.05) is 5.56 Å². The van der Waals surface area contributed by atoms with Crippen LogP contribution in [0.25, 0.3) is 6.08 Å². The van der Waals surface area contributed by atoms with Gasteiger partial charge in [-0.1, -0.05) is 60.7 Å². The molecule has 0 bridgehead atoms. The zero-order valence-electron chi connectivity index (χ0n) is 12.1. The minimum atomic E-state index is -0.831. The summed E-state index contributed by atoms with van der Waals surface area (Å²) in [5, 5.41) is 1.06. The quantitative estimate of drug-likeness (QED) is 0.848. The lowest BCUT2D eigenvalue weighted by molar-refractivity contribution is -0.124. The van der Waals surface area contributed by atoms with Crippen molar-refractivity contribution in [2.24, 2.45) is 10.7 Å². The third-order valence-electron chi connectivity index (χ3n) is 3.22. The molecule has 0 aromatic heterocycles. The first kappa shape index (κ1) is 14.5. The van der Waals surface area contributed by atoms with E-state index < -0.39 is 11.9 Å². The third kappa shape index (κ3) is 3.11. The number of hydrogen-bond acceptors (Lipinski definition) is 3. The van der Waals surface area contributed by atoms with Crippen molar-refractivity contribution in [1.82, 2.24) is 10.4 Å². The van der Waals surface area contributed by atoms with Gasteiger partial charge in [0.25, 0.3) is 5.91 Å². The molecule has 0 aliphatic carbocycles. The molecule has 1 aliphatic rings. The van der Waals surface area contributed by atoms with Gasteiger partial charge in [-0.05, 0) is 11.6 Å². The Morgan fingerprint density at radius 2 is 1.65 bits per heavy atom. The van der Waals surface area contributed by atoms with Crippen molar-refractivity contribution in [2.75, 3.05) is 0 Å². The van der Waals surface area contributed by atoms with Crippen LogP contribution < -0.4 is 11.2 Å². The maximum Gasteiger partial charge on any atom is 0.331 e. The van der Waals surface area contributed by atoms with Gasteiger partial charge in [-0.25, -0.2) is 15.2 Å². The summed E-state index contributed by atoms with van der Waals surface area (Å²) in [5.41, 5.74) is 9.23. The van der Waals surface area contributed by atoms with Crippen LogP contribution in [0.5, 0.6) is 0 Å². The Balaban J connectivity index is 2.03. The van der Waals surface area contributed by atoms with Crippen LogP contribution in [-0.4, -0.2) is 22.8 Å². The number of amides is 3. The second-order valence-electron chi connectivity index (χ2n) is 4.86. The SMILES string of the molecule is NC(=O)NN1C(=O)/C(=C/c2ccccc2)N=C1c1ccccc1. The monoisotopic (exact) mass is 306 g/mol. The molecule has 6 nitrogen and oxygen atoms in total.